The Bertz CT molecular complexity index is 1080. The van der Waals surface area contributed by atoms with E-state index in [2.05, 4.69) is 5.32 Å². The number of rotatable bonds is 5. The number of piperidine rings is 1. The fourth-order valence-corrected chi connectivity index (χ4v) is 6.28. The van der Waals surface area contributed by atoms with Crippen LogP contribution >= 0.6 is 11.3 Å². The minimum atomic E-state index is -3.54. The fraction of sp³-hybridized carbons (Fsp3) is 0.227. The zero-order valence-corrected chi connectivity index (χ0v) is 17.5. The third-order valence-corrected chi connectivity index (χ3v) is 8.35. The average Bonchev–Trinajstić information content (AvgIpc) is 3.31. The van der Waals surface area contributed by atoms with Gasteiger partial charge in [-0.1, -0.05) is 54.6 Å². The van der Waals surface area contributed by atoms with Crippen LogP contribution in [0.2, 0.25) is 0 Å². The molecular weight excluding hydrogens is 404 g/mol. The fourth-order valence-electron chi connectivity index (χ4n) is 3.61. The lowest BCUT2D eigenvalue weighted by atomic mass is 9.98. The van der Waals surface area contributed by atoms with Crippen molar-refractivity contribution in [2.24, 2.45) is 5.92 Å². The van der Waals surface area contributed by atoms with Crippen LogP contribution in [-0.2, 0) is 14.8 Å². The van der Waals surface area contributed by atoms with E-state index in [0.717, 1.165) is 16.8 Å². The van der Waals surface area contributed by atoms with E-state index in [-0.39, 0.29) is 18.4 Å². The molecule has 0 bridgehead atoms. The molecule has 1 aliphatic rings. The smallest absolute Gasteiger partial charge is 0.252 e. The first-order valence-electron chi connectivity index (χ1n) is 9.54. The molecule has 1 aliphatic heterocycles. The van der Waals surface area contributed by atoms with Gasteiger partial charge in [0.2, 0.25) is 5.91 Å². The monoisotopic (exact) mass is 426 g/mol. The zero-order chi connectivity index (χ0) is 20.3. The summed E-state index contributed by atoms with van der Waals surface area (Å²) in [6, 6.07) is 20.9. The van der Waals surface area contributed by atoms with Crippen molar-refractivity contribution < 1.29 is 13.2 Å². The molecular formula is C22H22N2O3S2. The first-order chi connectivity index (χ1) is 14.1. The van der Waals surface area contributed by atoms with E-state index in [1.54, 1.807) is 17.5 Å². The molecule has 2 aromatic carbocycles. The SMILES string of the molecule is O=C(Nc1ccccc1-c1ccccc1)[C@@H]1CCCN(S(=O)(=O)c2cccs2)C1. The summed E-state index contributed by atoms with van der Waals surface area (Å²) in [5, 5.41) is 4.78. The van der Waals surface area contributed by atoms with Gasteiger partial charge in [0.05, 0.1) is 5.92 Å². The molecule has 1 N–H and O–H groups in total. The number of carbonyl (C=O) groups excluding carboxylic acids is 1. The minimum Gasteiger partial charge on any atom is -0.325 e. The van der Waals surface area contributed by atoms with Gasteiger partial charge < -0.3 is 5.32 Å². The van der Waals surface area contributed by atoms with Crippen LogP contribution in [0, 0.1) is 5.92 Å². The van der Waals surface area contributed by atoms with Gasteiger partial charge in [0.1, 0.15) is 4.21 Å². The second-order valence-corrected chi connectivity index (χ2v) is 10.1. The standard InChI is InChI=1S/C22H22N2O3S2/c25-22(23-20-12-5-4-11-19(20)17-8-2-1-3-9-17)18-10-6-14-24(16-18)29(26,27)21-13-7-15-28-21/h1-5,7-9,11-13,15,18H,6,10,14,16H2,(H,23,25)/t18-/m1/s1. The number of anilines is 1. The molecule has 0 saturated carbocycles. The second kappa shape index (κ2) is 8.49. The predicted octanol–water partition coefficient (Wildman–Crippen LogP) is 4.45. The summed E-state index contributed by atoms with van der Waals surface area (Å²) in [6.45, 7) is 0.657. The molecule has 4 rings (SSSR count). The Hall–Kier alpha value is -2.48. The molecule has 1 fully saturated rings. The first kappa shape index (κ1) is 19.8. The van der Waals surface area contributed by atoms with Crippen molar-refractivity contribution in [3.63, 3.8) is 0 Å². The lowest BCUT2D eigenvalue weighted by Gasteiger charge is -2.31. The maximum absolute atomic E-state index is 13.0. The van der Waals surface area contributed by atoms with Crippen LogP contribution in [0.1, 0.15) is 12.8 Å². The van der Waals surface area contributed by atoms with Gasteiger partial charge in [-0.05, 0) is 35.9 Å². The third-order valence-electron chi connectivity index (χ3n) is 5.11. The molecule has 1 amide bonds. The van der Waals surface area contributed by atoms with E-state index in [9.17, 15) is 13.2 Å². The van der Waals surface area contributed by atoms with Gasteiger partial charge in [-0.25, -0.2) is 8.42 Å². The van der Waals surface area contributed by atoms with Gasteiger partial charge in [0.15, 0.2) is 0 Å². The zero-order valence-electron chi connectivity index (χ0n) is 15.8. The van der Waals surface area contributed by atoms with E-state index in [1.807, 2.05) is 54.6 Å². The van der Waals surface area contributed by atoms with Crippen LogP contribution in [0.5, 0.6) is 0 Å². The molecule has 1 saturated heterocycles. The van der Waals surface area contributed by atoms with Crippen molar-refractivity contribution in [3.05, 3.63) is 72.1 Å². The second-order valence-electron chi connectivity index (χ2n) is 7.04. The van der Waals surface area contributed by atoms with Crippen LogP contribution < -0.4 is 5.32 Å². The maximum Gasteiger partial charge on any atom is 0.252 e. The summed E-state index contributed by atoms with van der Waals surface area (Å²) < 4.78 is 27.4. The number of nitrogens with one attached hydrogen (secondary N) is 1. The number of nitrogens with zero attached hydrogens (tertiary/aromatic N) is 1. The molecule has 0 unspecified atom stereocenters. The average molecular weight is 427 g/mol. The summed E-state index contributed by atoms with van der Waals surface area (Å²) in [6.07, 6.45) is 1.35. The van der Waals surface area contributed by atoms with Gasteiger partial charge in [-0.2, -0.15) is 4.31 Å². The van der Waals surface area contributed by atoms with Crippen LogP contribution in [0.25, 0.3) is 11.1 Å². The Kier molecular flexibility index (Phi) is 5.80. The Balaban J connectivity index is 1.51. The van der Waals surface area contributed by atoms with Gasteiger partial charge in [-0.15, -0.1) is 11.3 Å². The summed E-state index contributed by atoms with van der Waals surface area (Å²) in [5.41, 5.74) is 2.70. The Morgan fingerprint density at radius 3 is 2.52 bits per heavy atom. The molecule has 2 heterocycles. The number of para-hydroxylation sites is 1. The topological polar surface area (TPSA) is 66.5 Å². The largest absolute Gasteiger partial charge is 0.325 e. The summed E-state index contributed by atoms with van der Waals surface area (Å²) >= 11 is 1.21. The molecule has 0 spiro atoms. The van der Waals surface area contributed by atoms with Crippen LogP contribution in [0.4, 0.5) is 5.69 Å². The van der Waals surface area contributed by atoms with Crippen LogP contribution in [-0.4, -0.2) is 31.7 Å². The molecule has 0 aliphatic carbocycles. The van der Waals surface area contributed by atoms with Gasteiger partial charge >= 0.3 is 0 Å². The minimum absolute atomic E-state index is 0.139. The Morgan fingerprint density at radius 1 is 1.00 bits per heavy atom. The molecule has 1 aromatic heterocycles. The van der Waals surface area contributed by atoms with Gasteiger partial charge in [0.25, 0.3) is 10.0 Å². The highest BCUT2D eigenvalue weighted by molar-refractivity contribution is 7.91. The number of sulfonamides is 1. The molecule has 150 valence electrons. The van der Waals surface area contributed by atoms with Crippen molar-refractivity contribution in [1.29, 1.82) is 0 Å². The highest BCUT2D eigenvalue weighted by Crippen LogP contribution is 2.30. The van der Waals surface area contributed by atoms with E-state index in [0.29, 0.717) is 23.6 Å². The lowest BCUT2D eigenvalue weighted by Crippen LogP contribution is -2.43. The Labute approximate surface area is 175 Å². The van der Waals surface area contributed by atoms with E-state index >= 15 is 0 Å². The van der Waals surface area contributed by atoms with E-state index in [4.69, 9.17) is 0 Å². The first-order valence-corrected chi connectivity index (χ1v) is 11.9. The van der Waals surface area contributed by atoms with Gasteiger partial charge in [-0.3, -0.25) is 4.79 Å². The summed E-state index contributed by atoms with van der Waals surface area (Å²) in [4.78, 5) is 13.0. The van der Waals surface area contributed by atoms with E-state index in [1.165, 1.54) is 15.6 Å². The third kappa shape index (κ3) is 4.27. The van der Waals surface area contributed by atoms with Crippen LogP contribution in [0.15, 0.2) is 76.3 Å². The predicted molar refractivity (Wildman–Crippen MR) is 116 cm³/mol. The van der Waals surface area contributed by atoms with Crippen molar-refractivity contribution in [2.45, 2.75) is 17.1 Å². The van der Waals surface area contributed by atoms with Crippen molar-refractivity contribution >= 4 is 33.0 Å². The number of hydrogen-bond acceptors (Lipinski definition) is 4. The summed E-state index contributed by atoms with van der Waals surface area (Å²) in [5.74, 6) is -0.512. The van der Waals surface area contributed by atoms with Crippen molar-refractivity contribution in [2.75, 3.05) is 18.4 Å². The van der Waals surface area contributed by atoms with Crippen molar-refractivity contribution in [3.8, 4) is 11.1 Å². The molecule has 5 nitrogen and oxygen atoms in total. The highest BCUT2D eigenvalue weighted by atomic mass is 32.2. The molecule has 3 aromatic rings. The number of carbonyl (C=O) groups is 1. The maximum atomic E-state index is 13.0. The van der Waals surface area contributed by atoms with Gasteiger partial charge in [0, 0.05) is 24.3 Å². The number of thiophene rings is 1. The molecule has 0 radical (unpaired) electrons. The Morgan fingerprint density at radius 2 is 1.76 bits per heavy atom. The van der Waals surface area contributed by atoms with Crippen LogP contribution in [0.3, 0.4) is 0 Å². The number of hydrogen-bond donors (Lipinski definition) is 1. The number of amides is 1. The lowest BCUT2D eigenvalue weighted by molar-refractivity contribution is -0.120. The molecule has 29 heavy (non-hydrogen) atoms. The summed E-state index contributed by atoms with van der Waals surface area (Å²) in [7, 11) is -3.54. The molecule has 7 heteroatoms. The number of benzene rings is 2. The molecule has 1 atom stereocenters. The quantitative estimate of drug-likeness (QED) is 0.655. The highest BCUT2D eigenvalue weighted by Gasteiger charge is 2.34. The normalized spacial score (nSPS) is 17.7. The van der Waals surface area contributed by atoms with E-state index < -0.39 is 10.0 Å². The van der Waals surface area contributed by atoms with Crippen molar-refractivity contribution in [1.82, 2.24) is 4.31 Å².